The van der Waals surface area contributed by atoms with Crippen LogP contribution in [-0.2, 0) is 11.3 Å². The van der Waals surface area contributed by atoms with Gasteiger partial charge in [0.05, 0.1) is 12.7 Å². The number of hydrogen-bond donors (Lipinski definition) is 1. The van der Waals surface area contributed by atoms with Gasteiger partial charge in [-0.25, -0.2) is 4.79 Å². The first-order valence-corrected chi connectivity index (χ1v) is 6.37. The summed E-state index contributed by atoms with van der Waals surface area (Å²) in [5, 5.41) is 0.921. The first-order chi connectivity index (χ1) is 8.92. The number of nitrogens with zero attached hydrogens (tertiary/aromatic N) is 1. The average Bonchev–Trinajstić information content (AvgIpc) is 2.74. The SMILES string of the molecule is COC(=O)c1cn(CCC(C)(C)N)c2ccccc12. The van der Waals surface area contributed by atoms with Crippen LogP contribution in [0.4, 0.5) is 0 Å². The smallest absolute Gasteiger partial charge is 0.340 e. The number of rotatable bonds is 4. The molecule has 0 spiro atoms. The quantitative estimate of drug-likeness (QED) is 0.859. The molecule has 0 radical (unpaired) electrons. The van der Waals surface area contributed by atoms with Crippen molar-refractivity contribution in [1.29, 1.82) is 0 Å². The third kappa shape index (κ3) is 2.96. The molecule has 0 unspecified atom stereocenters. The van der Waals surface area contributed by atoms with Gasteiger partial charge in [0, 0.05) is 29.2 Å². The highest BCUT2D eigenvalue weighted by Crippen LogP contribution is 2.23. The number of methoxy groups -OCH3 is 1. The van der Waals surface area contributed by atoms with Gasteiger partial charge in [-0.1, -0.05) is 18.2 Å². The summed E-state index contributed by atoms with van der Waals surface area (Å²) in [5.74, 6) is -0.304. The lowest BCUT2D eigenvalue weighted by Crippen LogP contribution is -2.33. The van der Waals surface area contributed by atoms with Crippen LogP contribution >= 0.6 is 0 Å². The molecule has 0 aliphatic carbocycles. The van der Waals surface area contributed by atoms with E-state index in [0.717, 1.165) is 23.9 Å². The van der Waals surface area contributed by atoms with E-state index in [0.29, 0.717) is 5.56 Å². The lowest BCUT2D eigenvalue weighted by Gasteiger charge is -2.18. The molecule has 0 aliphatic rings. The number of benzene rings is 1. The summed E-state index contributed by atoms with van der Waals surface area (Å²) in [7, 11) is 1.40. The van der Waals surface area contributed by atoms with E-state index >= 15 is 0 Å². The zero-order chi connectivity index (χ0) is 14.0. The fraction of sp³-hybridized carbons (Fsp3) is 0.400. The fourth-order valence-electron chi connectivity index (χ4n) is 2.11. The molecule has 0 saturated carbocycles. The highest BCUT2D eigenvalue weighted by atomic mass is 16.5. The van der Waals surface area contributed by atoms with E-state index in [4.69, 9.17) is 10.5 Å². The highest BCUT2D eigenvalue weighted by Gasteiger charge is 2.16. The predicted octanol–water partition coefficient (Wildman–Crippen LogP) is 2.56. The molecule has 4 nitrogen and oxygen atoms in total. The van der Waals surface area contributed by atoms with Crippen LogP contribution in [0.3, 0.4) is 0 Å². The van der Waals surface area contributed by atoms with Crippen LogP contribution in [0.5, 0.6) is 0 Å². The summed E-state index contributed by atoms with van der Waals surface area (Å²) >= 11 is 0. The molecular formula is C15H20N2O2. The van der Waals surface area contributed by atoms with Crippen molar-refractivity contribution in [2.75, 3.05) is 7.11 Å². The van der Waals surface area contributed by atoms with Gasteiger partial charge in [-0.15, -0.1) is 0 Å². The predicted molar refractivity (Wildman–Crippen MR) is 76.2 cm³/mol. The molecule has 4 heteroatoms. The number of hydrogen-bond acceptors (Lipinski definition) is 3. The van der Waals surface area contributed by atoms with Crippen molar-refractivity contribution in [2.24, 2.45) is 5.73 Å². The Morgan fingerprint density at radius 1 is 1.37 bits per heavy atom. The molecule has 2 N–H and O–H groups in total. The minimum atomic E-state index is -0.304. The molecule has 0 bridgehead atoms. The Kier molecular flexibility index (Phi) is 3.62. The number of aromatic nitrogens is 1. The van der Waals surface area contributed by atoms with Crippen LogP contribution in [0.1, 0.15) is 30.6 Å². The molecule has 0 aliphatic heterocycles. The van der Waals surface area contributed by atoms with Crippen LogP contribution < -0.4 is 5.73 Å². The van der Waals surface area contributed by atoms with Gasteiger partial charge in [-0.2, -0.15) is 0 Å². The van der Waals surface area contributed by atoms with E-state index < -0.39 is 0 Å². The molecule has 0 atom stereocenters. The minimum absolute atomic E-state index is 0.225. The topological polar surface area (TPSA) is 57.2 Å². The molecule has 1 aromatic heterocycles. The van der Waals surface area contributed by atoms with E-state index in [-0.39, 0.29) is 11.5 Å². The lowest BCUT2D eigenvalue weighted by molar-refractivity contribution is 0.0602. The maximum Gasteiger partial charge on any atom is 0.340 e. The van der Waals surface area contributed by atoms with Crippen LogP contribution in [0.2, 0.25) is 0 Å². The van der Waals surface area contributed by atoms with E-state index in [1.807, 2.05) is 44.3 Å². The van der Waals surface area contributed by atoms with Gasteiger partial charge in [-0.3, -0.25) is 0 Å². The van der Waals surface area contributed by atoms with E-state index in [1.165, 1.54) is 7.11 Å². The monoisotopic (exact) mass is 260 g/mol. The first-order valence-electron chi connectivity index (χ1n) is 6.37. The van der Waals surface area contributed by atoms with Gasteiger partial charge in [-0.05, 0) is 26.3 Å². The molecule has 2 rings (SSSR count). The molecule has 19 heavy (non-hydrogen) atoms. The largest absolute Gasteiger partial charge is 0.465 e. The van der Waals surface area contributed by atoms with Crippen molar-refractivity contribution in [2.45, 2.75) is 32.4 Å². The normalized spacial score (nSPS) is 11.8. The fourth-order valence-corrected chi connectivity index (χ4v) is 2.11. The van der Waals surface area contributed by atoms with Crippen molar-refractivity contribution >= 4 is 16.9 Å². The van der Waals surface area contributed by atoms with Gasteiger partial charge in [0.1, 0.15) is 0 Å². The molecule has 1 heterocycles. The van der Waals surface area contributed by atoms with Crippen molar-refractivity contribution < 1.29 is 9.53 Å². The summed E-state index contributed by atoms with van der Waals surface area (Å²) < 4.78 is 6.89. The summed E-state index contributed by atoms with van der Waals surface area (Å²) in [6.45, 7) is 4.78. The number of carbonyl (C=O) groups excluding carboxylic acids is 1. The van der Waals surface area contributed by atoms with Gasteiger partial charge < -0.3 is 15.0 Å². The zero-order valence-electron chi connectivity index (χ0n) is 11.6. The summed E-state index contributed by atoms with van der Waals surface area (Å²) in [5.41, 5.74) is 7.43. The van der Waals surface area contributed by atoms with E-state index in [9.17, 15) is 4.79 Å². The summed E-state index contributed by atoms with van der Waals surface area (Å²) in [4.78, 5) is 11.8. The van der Waals surface area contributed by atoms with Gasteiger partial charge in [0.25, 0.3) is 0 Å². The van der Waals surface area contributed by atoms with Crippen LogP contribution in [0, 0.1) is 0 Å². The number of para-hydroxylation sites is 1. The molecule has 0 fully saturated rings. The molecule has 1 aromatic carbocycles. The zero-order valence-corrected chi connectivity index (χ0v) is 11.6. The molecule has 0 amide bonds. The second-order valence-electron chi connectivity index (χ2n) is 5.48. The standard InChI is InChI=1S/C15H20N2O2/c1-15(2,16)8-9-17-10-12(14(18)19-3)11-6-4-5-7-13(11)17/h4-7,10H,8-9,16H2,1-3H3. The van der Waals surface area contributed by atoms with E-state index in [1.54, 1.807) is 0 Å². The first kappa shape index (κ1) is 13.6. The molecule has 102 valence electrons. The Labute approximate surface area is 113 Å². The Balaban J connectivity index is 2.42. The second-order valence-corrected chi connectivity index (χ2v) is 5.48. The van der Waals surface area contributed by atoms with Crippen molar-refractivity contribution in [3.63, 3.8) is 0 Å². The molecule has 0 saturated heterocycles. The van der Waals surface area contributed by atoms with Gasteiger partial charge in [0.15, 0.2) is 0 Å². The summed E-state index contributed by atoms with van der Waals surface area (Å²) in [6.07, 6.45) is 2.69. The molecular weight excluding hydrogens is 240 g/mol. The Morgan fingerprint density at radius 3 is 2.68 bits per heavy atom. The van der Waals surface area contributed by atoms with Crippen LogP contribution in [-0.4, -0.2) is 23.2 Å². The van der Waals surface area contributed by atoms with Crippen molar-refractivity contribution in [3.8, 4) is 0 Å². The van der Waals surface area contributed by atoms with Crippen molar-refractivity contribution in [3.05, 3.63) is 36.0 Å². The minimum Gasteiger partial charge on any atom is -0.465 e. The van der Waals surface area contributed by atoms with Crippen molar-refractivity contribution in [1.82, 2.24) is 4.57 Å². The number of esters is 1. The Bertz CT molecular complexity index is 594. The van der Waals surface area contributed by atoms with Gasteiger partial charge >= 0.3 is 5.97 Å². The maximum atomic E-state index is 11.8. The third-order valence-corrected chi connectivity index (χ3v) is 3.19. The summed E-state index contributed by atoms with van der Waals surface area (Å²) in [6, 6.07) is 7.83. The van der Waals surface area contributed by atoms with Crippen LogP contribution in [0.15, 0.2) is 30.5 Å². The average molecular weight is 260 g/mol. The highest BCUT2D eigenvalue weighted by molar-refractivity contribution is 6.04. The number of aryl methyl sites for hydroxylation is 1. The number of ether oxygens (including phenoxy) is 1. The Hall–Kier alpha value is -1.81. The number of carbonyl (C=O) groups is 1. The number of fused-ring (bicyclic) bond motifs is 1. The van der Waals surface area contributed by atoms with Crippen LogP contribution in [0.25, 0.3) is 10.9 Å². The maximum absolute atomic E-state index is 11.8. The lowest BCUT2D eigenvalue weighted by atomic mass is 10.0. The van der Waals surface area contributed by atoms with E-state index in [2.05, 4.69) is 4.57 Å². The van der Waals surface area contributed by atoms with Gasteiger partial charge in [0.2, 0.25) is 0 Å². The Morgan fingerprint density at radius 2 is 2.05 bits per heavy atom. The second kappa shape index (κ2) is 5.05. The third-order valence-electron chi connectivity index (χ3n) is 3.19. The number of nitrogens with two attached hydrogens (primary N) is 1. The molecule has 2 aromatic rings.